The molecule has 4 heterocycles. The zero-order chi connectivity index (χ0) is 33.0. The van der Waals surface area contributed by atoms with Crippen molar-refractivity contribution in [1.82, 2.24) is 39.5 Å². The molecule has 0 saturated heterocycles. The van der Waals surface area contributed by atoms with Crippen molar-refractivity contribution in [2.24, 2.45) is 14.1 Å². The maximum Gasteiger partial charge on any atom is 0.277 e. The number of nitro benzene ring substituents is 1. The lowest BCUT2D eigenvalue weighted by atomic mass is 10.1. The van der Waals surface area contributed by atoms with E-state index in [0.717, 1.165) is 42.6 Å². The molecule has 6 aromatic rings. The van der Waals surface area contributed by atoms with E-state index >= 15 is 0 Å². The number of hydrogen-bond acceptors (Lipinski definition) is 9. The van der Waals surface area contributed by atoms with E-state index in [1.807, 2.05) is 31.2 Å². The van der Waals surface area contributed by atoms with E-state index in [2.05, 4.69) is 37.1 Å². The highest BCUT2D eigenvalue weighted by molar-refractivity contribution is 5.77. The molecule has 46 heavy (non-hydrogen) atoms. The fourth-order valence-electron chi connectivity index (χ4n) is 5.43. The van der Waals surface area contributed by atoms with Crippen molar-refractivity contribution in [3.05, 3.63) is 114 Å². The van der Waals surface area contributed by atoms with Crippen LogP contribution in [-0.2, 0) is 39.8 Å². The molecule has 0 saturated carbocycles. The lowest BCUT2D eigenvalue weighted by Crippen LogP contribution is -2.14. The SMILES string of the molecule is CCCc1nn(C)c2c(=O)[nH]c(Cc3cccc(N)c3)nc12.CCCc1nn(C)c2c(=O)[nH]c(Cc3cccc([N+](=O)[O-])c3)nc12. The number of non-ortho nitro benzene ring substituents is 1. The van der Waals surface area contributed by atoms with E-state index in [9.17, 15) is 19.7 Å². The summed E-state index contributed by atoms with van der Waals surface area (Å²) >= 11 is 0. The molecular formula is C32H36N10O4. The number of fused-ring (bicyclic) bond motifs is 2. The number of nitrogens with zero attached hydrogens (tertiary/aromatic N) is 7. The summed E-state index contributed by atoms with van der Waals surface area (Å²) in [5.74, 6) is 1.10. The van der Waals surface area contributed by atoms with Crippen molar-refractivity contribution in [2.75, 3.05) is 5.73 Å². The van der Waals surface area contributed by atoms with Crippen LogP contribution in [0.2, 0.25) is 0 Å². The molecule has 0 unspecified atom stereocenters. The second kappa shape index (κ2) is 13.5. The number of nitrogens with two attached hydrogens (primary N) is 1. The molecule has 238 valence electrons. The monoisotopic (exact) mass is 624 g/mol. The lowest BCUT2D eigenvalue weighted by Gasteiger charge is -2.03. The molecular weight excluding hydrogens is 588 g/mol. The van der Waals surface area contributed by atoms with Crippen LogP contribution in [0.4, 0.5) is 11.4 Å². The van der Waals surface area contributed by atoms with Gasteiger partial charge in [-0.25, -0.2) is 9.97 Å². The van der Waals surface area contributed by atoms with Gasteiger partial charge in [0.2, 0.25) is 0 Å². The van der Waals surface area contributed by atoms with Crippen LogP contribution in [-0.4, -0.2) is 44.4 Å². The third kappa shape index (κ3) is 6.85. The standard InChI is InChI=1S/C16H17N5O3.C16H19N5O/c1-3-5-12-14-15(20(2)19-12)16(22)18-13(17-14)9-10-6-4-7-11(8-10)21(23)24;1-3-5-12-14-15(21(2)20-12)16(22)19-13(18-14)9-10-6-4-7-11(17)8-10/h4,6-8H,3,5,9H2,1-2H3,(H,17,18,22);4,6-8H,3,5,9,17H2,1-2H3,(H,18,19,22). The Bertz CT molecular complexity index is 2160. The first-order valence-electron chi connectivity index (χ1n) is 15.0. The molecule has 0 aliphatic rings. The second-order valence-electron chi connectivity index (χ2n) is 11.1. The average Bonchev–Trinajstić information content (AvgIpc) is 3.49. The van der Waals surface area contributed by atoms with Crippen LogP contribution in [0.15, 0.2) is 58.1 Å². The summed E-state index contributed by atoms with van der Waals surface area (Å²) < 4.78 is 3.15. The van der Waals surface area contributed by atoms with E-state index in [1.54, 1.807) is 35.6 Å². The summed E-state index contributed by atoms with van der Waals surface area (Å²) in [5.41, 5.74) is 11.8. The highest BCUT2D eigenvalue weighted by Gasteiger charge is 2.16. The number of rotatable bonds is 9. The van der Waals surface area contributed by atoms with Crippen LogP contribution < -0.4 is 16.9 Å². The molecule has 4 aromatic heterocycles. The van der Waals surface area contributed by atoms with E-state index in [-0.39, 0.29) is 16.8 Å². The van der Waals surface area contributed by atoms with Crippen molar-refractivity contribution in [1.29, 1.82) is 0 Å². The number of nitro groups is 1. The van der Waals surface area contributed by atoms with Gasteiger partial charge in [-0.05, 0) is 36.1 Å². The van der Waals surface area contributed by atoms with Crippen molar-refractivity contribution in [3.8, 4) is 0 Å². The zero-order valence-electron chi connectivity index (χ0n) is 26.2. The molecule has 0 radical (unpaired) electrons. The van der Waals surface area contributed by atoms with E-state index in [4.69, 9.17) is 5.73 Å². The number of hydrogen-bond donors (Lipinski definition) is 3. The third-order valence-corrected chi connectivity index (χ3v) is 7.41. The van der Waals surface area contributed by atoms with Gasteiger partial charge in [-0.1, -0.05) is 51.0 Å². The Balaban J connectivity index is 0.000000182. The van der Waals surface area contributed by atoms with Gasteiger partial charge in [0.15, 0.2) is 11.0 Å². The summed E-state index contributed by atoms with van der Waals surface area (Å²) in [5, 5.41) is 19.7. The molecule has 0 spiro atoms. The van der Waals surface area contributed by atoms with Crippen molar-refractivity contribution < 1.29 is 4.92 Å². The summed E-state index contributed by atoms with van der Waals surface area (Å²) in [4.78, 5) is 49.8. The molecule has 6 rings (SSSR count). The quantitative estimate of drug-likeness (QED) is 0.121. The van der Waals surface area contributed by atoms with Gasteiger partial charge in [0.05, 0.1) is 16.3 Å². The first kappa shape index (κ1) is 31.8. The summed E-state index contributed by atoms with van der Waals surface area (Å²) in [6.45, 7) is 4.12. The fourth-order valence-corrected chi connectivity index (χ4v) is 5.43. The number of aromatic nitrogens is 8. The number of nitrogen functional groups attached to an aromatic ring is 1. The highest BCUT2D eigenvalue weighted by Crippen LogP contribution is 2.18. The van der Waals surface area contributed by atoms with Crippen molar-refractivity contribution in [3.63, 3.8) is 0 Å². The largest absolute Gasteiger partial charge is 0.399 e. The van der Waals surface area contributed by atoms with Crippen LogP contribution in [0.25, 0.3) is 22.1 Å². The third-order valence-electron chi connectivity index (χ3n) is 7.41. The predicted octanol–water partition coefficient (Wildman–Crippen LogP) is 3.89. The van der Waals surface area contributed by atoms with E-state index < -0.39 is 4.92 Å². The molecule has 0 aliphatic carbocycles. The molecule has 2 aromatic carbocycles. The van der Waals surface area contributed by atoms with Crippen LogP contribution in [0, 0.1) is 10.1 Å². The average molecular weight is 625 g/mol. The van der Waals surface area contributed by atoms with Crippen LogP contribution in [0.5, 0.6) is 0 Å². The van der Waals surface area contributed by atoms with Crippen LogP contribution >= 0.6 is 0 Å². The first-order valence-corrected chi connectivity index (χ1v) is 15.0. The Kier molecular flexibility index (Phi) is 9.35. The Morgan fingerprint density at radius 2 is 1.26 bits per heavy atom. The fraction of sp³-hybridized carbons (Fsp3) is 0.312. The molecule has 4 N–H and O–H groups in total. The van der Waals surface area contributed by atoms with Gasteiger partial charge in [0.25, 0.3) is 16.8 Å². The molecule has 14 nitrogen and oxygen atoms in total. The van der Waals surface area contributed by atoms with Crippen molar-refractivity contribution in [2.45, 2.75) is 52.4 Å². The summed E-state index contributed by atoms with van der Waals surface area (Å²) in [6.07, 6.45) is 4.27. The molecule has 0 amide bonds. The topological polar surface area (TPSA) is 196 Å². The van der Waals surface area contributed by atoms with Crippen molar-refractivity contribution >= 4 is 33.4 Å². The number of anilines is 1. The number of H-pyrrole nitrogens is 2. The number of aromatic amines is 2. The molecule has 0 aliphatic heterocycles. The summed E-state index contributed by atoms with van der Waals surface area (Å²) in [7, 11) is 3.49. The summed E-state index contributed by atoms with van der Waals surface area (Å²) in [6, 6.07) is 13.9. The van der Waals surface area contributed by atoms with Gasteiger partial charge in [-0.15, -0.1) is 0 Å². The minimum atomic E-state index is -0.441. The Labute approximate surface area is 263 Å². The molecule has 14 heteroatoms. The predicted molar refractivity (Wildman–Crippen MR) is 176 cm³/mol. The highest BCUT2D eigenvalue weighted by atomic mass is 16.6. The van der Waals surface area contributed by atoms with E-state index in [0.29, 0.717) is 57.8 Å². The number of benzene rings is 2. The van der Waals surface area contributed by atoms with Gasteiger partial charge < -0.3 is 15.7 Å². The smallest absolute Gasteiger partial charge is 0.277 e. The van der Waals surface area contributed by atoms with Gasteiger partial charge >= 0.3 is 0 Å². The van der Waals surface area contributed by atoms with Gasteiger partial charge in [-0.2, -0.15) is 10.2 Å². The number of aryl methyl sites for hydroxylation is 4. The minimum absolute atomic E-state index is 0.0176. The maximum absolute atomic E-state index is 12.3. The lowest BCUT2D eigenvalue weighted by molar-refractivity contribution is -0.384. The van der Waals surface area contributed by atoms with Gasteiger partial charge in [-0.3, -0.25) is 29.1 Å². The van der Waals surface area contributed by atoms with Gasteiger partial charge in [0.1, 0.15) is 22.7 Å². The Morgan fingerprint density at radius 3 is 1.72 bits per heavy atom. The van der Waals surface area contributed by atoms with Crippen LogP contribution in [0.3, 0.4) is 0 Å². The normalized spacial score (nSPS) is 11.1. The Morgan fingerprint density at radius 1 is 0.783 bits per heavy atom. The minimum Gasteiger partial charge on any atom is -0.399 e. The van der Waals surface area contributed by atoms with Gasteiger partial charge in [0, 0.05) is 44.8 Å². The second-order valence-corrected chi connectivity index (χ2v) is 11.1. The van der Waals surface area contributed by atoms with Crippen LogP contribution in [0.1, 0.15) is 60.9 Å². The maximum atomic E-state index is 12.3. The molecule has 0 fully saturated rings. The Hall–Kier alpha value is -5.66. The first-order chi connectivity index (χ1) is 22.1. The zero-order valence-corrected chi connectivity index (χ0v) is 26.2. The van der Waals surface area contributed by atoms with E-state index in [1.165, 1.54) is 12.1 Å². The number of nitrogens with one attached hydrogen (secondary N) is 2. The molecule has 0 bridgehead atoms. The molecule has 0 atom stereocenters.